The molecule has 3 aromatic heterocycles. The van der Waals surface area contributed by atoms with E-state index >= 15 is 0 Å². The fraction of sp³-hybridized carbons (Fsp3) is 0.243. The zero-order valence-corrected chi connectivity index (χ0v) is 75.3. The minimum atomic E-state index is 0. The molecule has 3 heterocycles. The van der Waals surface area contributed by atoms with Gasteiger partial charge in [0.05, 0.1) is 17.5 Å². The van der Waals surface area contributed by atoms with Gasteiger partial charge < -0.3 is 13.7 Å². The molecule has 116 heavy (non-hydrogen) atoms. The van der Waals surface area contributed by atoms with E-state index in [2.05, 4.69) is 367 Å². The van der Waals surface area contributed by atoms with Gasteiger partial charge >= 0.3 is 0 Å². The van der Waals surface area contributed by atoms with Crippen LogP contribution in [0.5, 0.6) is 0 Å². The van der Waals surface area contributed by atoms with Crippen LogP contribution in [0.25, 0.3) is 118 Å². The van der Waals surface area contributed by atoms with Gasteiger partial charge in [0.15, 0.2) is 0 Å². The number of hydrogen-bond donors (Lipinski definition) is 0. The van der Waals surface area contributed by atoms with Crippen molar-refractivity contribution >= 4 is 0 Å². The number of benzene rings is 12. The van der Waals surface area contributed by atoms with E-state index in [0.29, 0.717) is 35.5 Å². The van der Waals surface area contributed by atoms with Crippen LogP contribution < -0.4 is 0 Å². The van der Waals surface area contributed by atoms with Crippen molar-refractivity contribution in [3.63, 3.8) is 0 Å². The van der Waals surface area contributed by atoms with Gasteiger partial charge in [-0.25, -0.2) is 0 Å². The van der Waals surface area contributed by atoms with Crippen LogP contribution in [0.15, 0.2) is 310 Å². The van der Waals surface area contributed by atoms with Gasteiger partial charge in [0.2, 0.25) is 0 Å². The second-order valence-corrected chi connectivity index (χ2v) is 32.4. The smallest absolute Gasteiger partial charge is 0.0602 e. The average Bonchev–Trinajstić information content (AvgIpc) is 1.40. The summed E-state index contributed by atoms with van der Waals surface area (Å²) in [5.41, 5.74) is 30.3. The molecule has 0 saturated heterocycles. The molecule has 0 bridgehead atoms. The van der Waals surface area contributed by atoms with Gasteiger partial charge in [-0.05, 0) is 177 Å². The summed E-state index contributed by atoms with van der Waals surface area (Å²) < 4.78 is 6.96. The van der Waals surface area contributed by atoms with Crippen molar-refractivity contribution in [2.45, 2.75) is 156 Å². The van der Waals surface area contributed by atoms with Crippen LogP contribution >= 0.6 is 0 Å². The number of nitrogens with zero attached hydrogens (tertiary/aromatic N) is 6. The van der Waals surface area contributed by atoms with Gasteiger partial charge in [-0.15, -0.1) is 89.5 Å². The van der Waals surface area contributed by atoms with E-state index in [-0.39, 0.29) is 60.3 Å². The number of imidazole rings is 3. The summed E-state index contributed by atoms with van der Waals surface area (Å²) in [5.74, 6) is 5.83. The van der Waals surface area contributed by atoms with E-state index in [1.807, 2.05) is 30.7 Å². The Morgan fingerprint density at radius 3 is 0.853 bits per heavy atom. The molecular formula is C107H105Ir3N6-3. The Morgan fingerprint density at radius 1 is 0.293 bits per heavy atom. The Balaban J connectivity index is 0.000000159. The molecule has 12 aromatic carbocycles. The summed E-state index contributed by atoms with van der Waals surface area (Å²) in [7, 11) is 0. The van der Waals surface area contributed by atoms with Crippen molar-refractivity contribution < 1.29 is 60.3 Å². The fourth-order valence-electron chi connectivity index (χ4n) is 17.1. The Bertz CT molecular complexity index is 5450. The normalized spacial score (nSPS) is 12.9. The molecule has 0 aliphatic heterocycles. The zero-order valence-electron chi connectivity index (χ0n) is 68.1. The van der Waals surface area contributed by atoms with Crippen LogP contribution in [-0.2, 0) is 73.2 Å². The summed E-state index contributed by atoms with van der Waals surface area (Å²) in [4.78, 5) is 14.5. The number of hydrogen-bond acceptors (Lipinski definition) is 3. The summed E-state index contributed by atoms with van der Waals surface area (Å²) >= 11 is 0. The second kappa shape index (κ2) is 40.9. The van der Waals surface area contributed by atoms with Crippen LogP contribution in [0.3, 0.4) is 0 Å². The molecule has 6 nitrogen and oxygen atoms in total. The summed E-state index contributed by atoms with van der Waals surface area (Å²) in [6.45, 7) is 18.3. The van der Waals surface area contributed by atoms with Crippen LogP contribution in [0.2, 0.25) is 0 Å². The third kappa shape index (κ3) is 20.2. The first-order valence-corrected chi connectivity index (χ1v) is 41.4. The zero-order chi connectivity index (χ0) is 77.6. The molecule has 0 unspecified atom stereocenters. The maximum atomic E-state index is 4.95. The SMILES string of the molecule is CC(C)Cc1cc(-c2ccccc2)cc(CC(C)C)c1-n1ccnc1-c1[c-]cc(-c2ccccc2)cc1.CC(C)c1cc(-c2ccccc2)cc(C(C)C)c1-n1ccnc1-c1[c-]cc(-c2ccccc2)cc1.[Ir].[Ir].[Ir].[c-]1cc(-c2ccccc2)ccc1-c1nccn1-c1c(C2CCCCC2)cc(-c2ccccc2)cc1C1CCCCC1. The monoisotopic (exact) mass is 2050 g/mol. The molecule has 2 fully saturated rings. The van der Waals surface area contributed by atoms with Gasteiger partial charge in [0.1, 0.15) is 0 Å². The van der Waals surface area contributed by atoms with Crippen molar-refractivity contribution in [1.29, 1.82) is 0 Å². The van der Waals surface area contributed by atoms with Crippen LogP contribution in [0.1, 0.15) is 177 Å². The standard InChI is InChI=1S/C39H39N2.C35H35N2.C33H31N2.3Ir/c1-5-13-29(14-6-1)31-21-23-34(24-22-31)39-40-25-26-41(39)38-36(32-17-9-3-10-18-32)27-35(30-15-7-2-8-16-30)28-37(38)33-19-11-4-12-20-33;1-25(2)21-32-23-31(28-13-9-6-10-14-28)24-33(22-26(3)4)34(32)37-20-19-36-35(37)30-17-15-29(16-18-30)27-11-7-5-8-12-27;1-23(2)30-21-29(26-13-9-6-10-14-26)22-31(24(3)4)32(30)35-20-19-34-33(35)28-17-15-27(16-18-28)25-11-7-5-8-12-25;;;/h1-2,5-8,13-16,21-23,25-28,32-33H,3-4,9-12,17-20H2;5-17,19-20,23-26H,21-22H2,1-4H3;5-17,19-24H,1-4H3;;;/q3*-1;;;. The number of aromatic nitrogens is 6. The first-order valence-electron chi connectivity index (χ1n) is 41.4. The third-order valence-electron chi connectivity index (χ3n) is 22.6. The molecule has 9 heteroatoms. The molecule has 0 atom stereocenters. The minimum Gasteiger partial charge on any atom is -0.340 e. The van der Waals surface area contributed by atoms with E-state index in [9.17, 15) is 0 Å². The molecule has 2 aliphatic rings. The Morgan fingerprint density at radius 2 is 0.569 bits per heavy atom. The molecule has 0 N–H and O–H groups in total. The van der Waals surface area contributed by atoms with E-state index in [1.165, 1.54) is 170 Å². The summed E-state index contributed by atoms with van der Waals surface area (Å²) in [6, 6.07) is 108. The van der Waals surface area contributed by atoms with Gasteiger partial charge in [-0.3, -0.25) is 15.0 Å². The van der Waals surface area contributed by atoms with Crippen molar-refractivity contribution in [2.75, 3.05) is 0 Å². The van der Waals surface area contributed by atoms with Gasteiger partial charge in [-0.1, -0.05) is 309 Å². The van der Waals surface area contributed by atoms with Gasteiger partial charge in [0.25, 0.3) is 0 Å². The number of rotatable bonds is 20. The molecule has 15 aromatic rings. The Labute approximate surface area is 730 Å². The van der Waals surface area contributed by atoms with Crippen LogP contribution in [-0.4, -0.2) is 28.7 Å². The van der Waals surface area contributed by atoms with Crippen molar-refractivity contribution in [2.24, 2.45) is 11.8 Å². The van der Waals surface area contributed by atoms with E-state index < -0.39 is 0 Å². The summed E-state index contributed by atoms with van der Waals surface area (Å²) in [6.07, 6.45) is 27.3. The first-order chi connectivity index (χ1) is 55.4. The van der Waals surface area contributed by atoms with Crippen molar-refractivity contribution in [3.05, 3.63) is 362 Å². The molecule has 3 radical (unpaired) electrons. The Hall–Kier alpha value is -9.78. The minimum absolute atomic E-state index is 0. The molecule has 17 rings (SSSR count). The molecule has 2 aliphatic carbocycles. The van der Waals surface area contributed by atoms with E-state index in [4.69, 9.17) is 15.0 Å². The van der Waals surface area contributed by atoms with Crippen molar-refractivity contribution in [1.82, 2.24) is 28.7 Å². The summed E-state index contributed by atoms with van der Waals surface area (Å²) in [5, 5.41) is 0. The molecule has 0 amide bonds. The first kappa shape index (κ1) is 85.6. The van der Waals surface area contributed by atoms with Crippen molar-refractivity contribution in [3.8, 4) is 118 Å². The predicted molar refractivity (Wildman–Crippen MR) is 473 cm³/mol. The van der Waals surface area contributed by atoms with Gasteiger partial charge in [-0.2, -0.15) is 0 Å². The van der Waals surface area contributed by atoms with E-state index in [0.717, 1.165) is 58.1 Å². The van der Waals surface area contributed by atoms with Crippen LogP contribution in [0, 0.1) is 30.0 Å². The van der Waals surface area contributed by atoms with E-state index in [1.54, 1.807) is 0 Å². The Kier molecular flexibility index (Phi) is 30.2. The molecule has 0 spiro atoms. The average molecular weight is 2050 g/mol. The molecular weight excluding hydrogens is 1950 g/mol. The van der Waals surface area contributed by atoms with Gasteiger partial charge in [0, 0.05) is 115 Å². The third-order valence-corrected chi connectivity index (χ3v) is 22.6. The quantitative estimate of drug-likeness (QED) is 0.0715. The second-order valence-electron chi connectivity index (χ2n) is 32.4. The largest absolute Gasteiger partial charge is 0.340 e. The molecule has 593 valence electrons. The molecule has 2 saturated carbocycles. The maximum Gasteiger partial charge on any atom is 0.0602 e. The van der Waals surface area contributed by atoms with Crippen LogP contribution in [0.4, 0.5) is 0 Å². The predicted octanol–water partition coefficient (Wildman–Crippen LogP) is 28.8. The topological polar surface area (TPSA) is 53.5 Å². The fourth-order valence-corrected chi connectivity index (χ4v) is 17.1. The maximum absolute atomic E-state index is 4.95.